The van der Waals surface area contributed by atoms with Gasteiger partial charge in [-0.15, -0.1) is 0 Å². The molecule has 0 heterocycles. The molecule has 2 rings (SSSR count). The molecule has 6 heteroatoms. The molecule has 0 amide bonds. The van der Waals surface area contributed by atoms with Gasteiger partial charge in [0.15, 0.2) is 0 Å². The van der Waals surface area contributed by atoms with Crippen LogP contribution in [0.2, 0.25) is 0 Å². The van der Waals surface area contributed by atoms with Gasteiger partial charge in [0.1, 0.15) is 12.4 Å². The van der Waals surface area contributed by atoms with Gasteiger partial charge in [-0.3, -0.25) is 0 Å². The molecule has 0 aromatic heterocycles. The summed E-state index contributed by atoms with van der Waals surface area (Å²) in [6, 6.07) is 14.2. The molecule has 2 aromatic carbocycles. The van der Waals surface area contributed by atoms with E-state index in [0.717, 1.165) is 17.5 Å². The topological polar surface area (TPSA) is 64.6 Å². The average Bonchev–Trinajstić information content (AvgIpc) is 2.61. The van der Waals surface area contributed by atoms with Crippen molar-refractivity contribution in [1.82, 2.24) is 4.72 Å². The number of aryl methyl sites for hydroxylation is 1. The van der Waals surface area contributed by atoms with Gasteiger partial charge >= 0.3 is 0 Å². The smallest absolute Gasteiger partial charge is 0.240 e. The third-order valence-electron chi connectivity index (χ3n) is 3.64. The van der Waals surface area contributed by atoms with Crippen molar-refractivity contribution in [3.8, 4) is 5.75 Å². The molecular formula is C18H23NO4S. The largest absolute Gasteiger partial charge is 0.491 e. The van der Waals surface area contributed by atoms with Gasteiger partial charge in [0.25, 0.3) is 0 Å². The zero-order chi connectivity index (χ0) is 17.4. The fourth-order valence-corrected chi connectivity index (χ4v) is 3.30. The van der Waals surface area contributed by atoms with Crippen LogP contribution in [0.15, 0.2) is 53.4 Å². The Morgan fingerprint density at radius 1 is 0.958 bits per heavy atom. The molecule has 0 saturated carbocycles. The van der Waals surface area contributed by atoms with Crippen LogP contribution in [0.3, 0.4) is 0 Å². The lowest BCUT2D eigenvalue weighted by Crippen LogP contribution is -2.23. The first-order valence-corrected chi connectivity index (χ1v) is 9.33. The Hall–Kier alpha value is -1.89. The van der Waals surface area contributed by atoms with E-state index in [-0.39, 0.29) is 11.4 Å². The number of sulfonamides is 1. The Bertz CT molecular complexity index is 742. The second-order valence-electron chi connectivity index (χ2n) is 5.26. The fourth-order valence-electron chi connectivity index (χ4n) is 2.29. The maximum absolute atomic E-state index is 12.4. The third kappa shape index (κ3) is 5.06. The van der Waals surface area contributed by atoms with E-state index in [0.29, 0.717) is 19.0 Å². The molecule has 1 N–H and O–H groups in total. The van der Waals surface area contributed by atoms with Gasteiger partial charge in [-0.05, 0) is 41.8 Å². The van der Waals surface area contributed by atoms with E-state index in [1.165, 1.54) is 12.1 Å². The van der Waals surface area contributed by atoms with Crippen LogP contribution >= 0.6 is 0 Å². The SMILES string of the molecule is CCc1ccccc1CNS(=O)(=O)c1ccc(OCCOC)cc1. The molecule has 0 spiro atoms. The molecule has 130 valence electrons. The Morgan fingerprint density at radius 2 is 1.62 bits per heavy atom. The Balaban J connectivity index is 2.02. The number of rotatable bonds is 9. The number of hydrogen-bond acceptors (Lipinski definition) is 4. The van der Waals surface area contributed by atoms with Crippen molar-refractivity contribution in [3.63, 3.8) is 0 Å². The summed E-state index contributed by atoms with van der Waals surface area (Å²) >= 11 is 0. The summed E-state index contributed by atoms with van der Waals surface area (Å²) in [5.74, 6) is 0.613. The van der Waals surface area contributed by atoms with Crippen LogP contribution in [-0.4, -0.2) is 28.7 Å². The van der Waals surface area contributed by atoms with Gasteiger partial charge in [0, 0.05) is 13.7 Å². The van der Waals surface area contributed by atoms with E-state index in [4.69, 9.17) is 9.47 Å². The number of ether oxygens (including phenoxy) is 2. The van der Waals surface area contributed by atoms with E-state index in [1.54, 1.807) is 19.2 Å². The van der Waals surface area contributed by atoms with Gasteiger partial charge in [-0.2, -0.15) is 0 Å². The van der Waals surface area contributed by atoms with Crippen LogP contribution in [0.1, 0.15) is 18.1 Å². The maximum atomic E-state index is 12.4. The minimum atomic E-state index is -3.56. The summed E-state index contributed by atoms with van der Waals surface area (Å²) in [5, 5.41) is 0. The van der Waals surface area contributed by atoms with Gasteiger partial charge in [0.2, 0.25) is 10.0 Å². The Labute approximate surface area is 143 Å². The molecule has 0 aliphatic rings. The molecule has 0 aliphatic heterocycles. The highest BCUT2D eigenvalue weighted by Crippen LogP contribution is 2.17. The minimum Gasteiger partial charge on any atom is -0.491 e. The standard InChI is InChI=1S/C18H23NO4S/c1-3-15-6-4-5-7-16(15)14-19-24(20,21)18-10-8-17(9-11-18)23-13-12-22-2/h4-11,19H,3,12-14H2,1-2H3. The van der Waals surface area contributed by atoms with E-state index in [1.807, 2.05) is 24.3 Å². The van der Waals surface area contributed by atoms with Crippen molar-refractivity contribution in [2.45, 2.75) is 24.8 Å². The molecule has 0 fully saturated rings. The number of benzene rings is 2. The Kier molecular flexibility index (Phi) is 6.78. The van der Waals surface area contributed by atoms with Crippen molar-refractivity contribution in [2.24, 2.45) is 0 Å². The average molecular weight is 349 g/mol. The molecule has 2 aromatic rings. The fraction of sp³-hybridized carbons (Fsp3) is 0.333. The highest BCUT2D eigenvalue weighted by Gasteiger charge is 2.14. The van der Waals surface area contributed by atoms with Crippen LogP contribution in [-0.2, 0) is 27.7 Å². The van der Waals surface area contributed by atoms with Crippen molar-refractivity contribution in [3.05, 3.63) is 59.7 Å². The van der Waals surface area contributed by atoms with Gasteiger partial charge in [-0.25, -0.2) is 13.1 Å². The third-order valence-corrected chi connectivity index (χ3v) is 5.06. The highest BCUT2D eigenvalue weighted by atomic mass is 32.2. The first-order chi connectivity index (χ1) is 11.6. The first-order valence-electron chi connectivity index (χ1n) is 7.85. The molecular weight excluding hydrogens is 326 g/mol. The molecule has 0 aliphatic carbocycles. The highest BCUT2D eigenvalue weighted by molar-refractivity contribution is 7.89. The second-order valence-corrected chi connectivity index (χ2v) is 7.03. The lowest BCUT2D eigenvalue weighted by Gasteiger charge is -2.11. The predicted octanol–water partition coefficient (Wildman–Crippen LogP) is 2.75. The molecule has 0 bridgehead atoms. The summed E-state index contributed by atoms with van der Waals surface area (Å²) < 4.78 is 37.8. The van der Waals surface area contributed by atoms with E-state index in [9.17, 15) is 8.42 Å². The van der Waals surface area contributed by atoms with Crippen LogP contribution in [0.4, 0.5) is 0 Å². The van der Waals surface area contributed by atoms with Crippen molar-refractivity contribution in [1.29, 1.82) is 0 Å². The van der Waals surface area contributed by atoms with Gasteiger partial charge in [-0.1, -0.05) is 31.2 Å². The summed E-state index contributed by atoms with van der Waals surface area (Å²) in [6.07, 6.45) is 0.866. The van der Waals surface area contributed by atoms with Crippen molar-refractivity contribution < 1.29 is 17.9 Å². The lowest BCUT2D eigenvalue weighted by molar-refractivity contribution is 0.146. The summed E-state index contributed by atoms with van der Waals surface area (Å²) in [4.78, 5) is 0.218. The number of hydrogen-bond donors (Lipinski definition) is 1. The maximum Gasteiger partial charge on any atom is 0.240 e. The lowest BCUT2D eigenvalue weighted by atomic mass is 10.1. The van der Waals surface area contributed by atoms with Crippen LogP contribution in [0.5, 0.6) is 5.75 Å². The number of nitrogens with one attached hydrogen (secondary N) is 1. The van der Waals surface area contributed by atoms with Gasteiger partial charge < -0.3 is 9.47 Å². The van der Waals surface area contributed by atoms with Gasteiger partial charge in [0.05, 0.1) is 11.5 Å². The van der Waals surface area contributed by atoms with E-state index >= 15 is 0 Å². The molecule has 5 nitrogen and oxygen atoms in total. The summed E-state index contributed by atoms with van der Waals surface area (Å²) in [7, 11) is -1.96. The summed E-state index contributed by atoms with van der Waals surface area (Å²) in [6.45, 7) is 3.24. The quantitative estimate of drug-likeness (QED) is 0.707. The molecule has 0 radical (unpaired) electrons. The summed E-state index contributed by atoms with van der Waals surface area (Å²) in [5.41, 5.74) is 2.13. The monoisotopic (exact) mass is 349 g/mol. The Morgan fingerprint density at radius 3 is 2.25 bits per heavy atom. The minimum absolute atomic E-state index is 0.218. The molecule has 0 unspecified atom stereocenters. The normalized spacial score (nSPS) is 11.4. The second kappa shape index (κ2) is 8.82. The number of methoxy groups -OCH3 is 1. The molecule has 0 saturated heterocycles. The molecule has 0 atom stereocenters. The van der Waals surface area contributed by atoms with Crippen LogP contribution in [0.25, 0.3) is 0 Å². The molecule has 24 heavy (non-hydrogen) atoms. The predicted molar refractivity (Wildman–Crippen MR) is 93.7 cm³/mol. The zero-order valence-corrected chi connectivity index (χ0v) is 14.8. The zero-order valence-electron chi connectivity index (χ0n) is 14.0. The van der Waals surface area contributed by atoms with Crippen LogP contribution < -0.4 is 9.46 Å². The van der Waals surface area contributed by atoms with Crippen molar-refractivity contribution >= 4 is 10.0 Å². The van der Waals surface area contributed by atoms with Crippen LogP contribution in [0, 0.1) is 0 Å². The van der Waals surface area contributed by atoms with Crippen molar-refractivity contribution in [2.75, 3.05) is 20.3 Å². The van der Waals surface area contributed by atoms with E-state index in [2.05, 4.69) is 11.6 Å². The first kappa shape index (κ1) is 18.4. The van der Waals surface area contributed by atoms with E-state index < -0.39 is 10.0 Å².